The molecule has 1 aliphatic carbocycles. The Hall–Kier alpha value is -1.50. The number of rotatable bonds is 19. The summed E-state index contributed by atoms with van der Waals surface area (Å²) in [6, 6.07) is 0. The fourth-order valence-corrected chi connectivity index (χ4v) is 6.20. The van der Waals surface area contributed by atoms with Crippen LogP contribution in [-0.4, -0.2) is 47.1 Å². The van der Waals surface area contributed by atoms with E-state index in [1.165, 1.54) is 102 Å². The maximum atomic E-state index is 12.4. The first kappa shape index (κ1) is 32.0. The minimum atomic E-state index is -0.925. The van der Waals surface area contributed by atoms with E-state index in [-0.39, 0.29) is 18.2 Å². The molecule has 3 aliphatic rings. The van der Waals surface area contributed by atoms with Gasteiger partial charge in [-0.15, -0.1) is 0 Å². The smallest absolute Gasteiger partial charge is 0.308 e. The molecule has 1 N–H and O–H groups in total. The van der Waals surface area contributed by atoms with E-state index >= 15 is 0 Å². The molecule has 3 atom stereocenters. The SMILES string of the molecule is CCCCCCCCCCCCCCCCCCOC(=O)C[C@@H]1C[C@@H](O)C[C@]2(CCC3(C=CC(=O)C=C3)O2)O1. The van der Waals surface area contributed by atoms with Crippen molar-refractivity contribution in [3.8, 4) is 0 Å². The van der Waals surface area contributed by atoms with E-state index in [2.05, 4.69) is 6.92 Å². The average Bonchev–Trinajstić information content (AvgIpc) is 3.23. The topological polar surface area (TPSA) is 82.1 Å². The number of unbranched alkanes of at least 4 members (excludes halogenated alkanes) is 15. The molecule has 0 aromatic carbocycles. The second-order valence-corrected chi connectivity index (χ2v) is 12.1. The quantitative estimate of drug-likeness (QED) is 0.132. The van der Waals surface area contributed by atoms with Gasteiger partial charge in [0.1, 0.15) is 5.60 Å². The Balaban J connectivity index is 1.16. The van der Waals surface area contributed by atoms with E-state index in [1.807, 2.05) is 0 Å². The summed E-state index contributed by atoms with van der Waals surface area (Å²) >= 11 is 0. The number of hydrogen-bond acceptors (Lipinski definition) is 6. The van der Waals surface area contributed by atoms with Crippen LogP contribution in [-0.2, 0) is 23.8 Å². The maximum absolute atomic E-state index is 12.4. The van der Waals surface area contributed by atoms with Gasteiger partial charge in [0.05, 0.1) is 25.2 Å². The lowest BCUT2D eigenvalue weighted by Gasteiger charge is -2.41. The molecular weight excluding hydrogens is 492 g/mol. The first-order valence-electron chi connectivity index (χ1n) is 16.1. The van der Waals surface area contributed by atoms with Gasteiger partial charge >= 0.3 is 5.97 Å². The Morgan fingerprint density at radius 3 is 1.97 bits per heavy atom. The van der Waals surface area contributed by atoms with Gasteiger partial charge in [0.25, 0.3) is 0 Å². The molecule has 2 saturated heterocycles. The molecule has 0 saturated carbocycles. The largest absolute Gasteiger partial charge is 0.466 e. The Morgan fingerprint density at radius 1 is 0.872 bits per heavy atom. The second-order valence-electron chi connectivity index (χ2n) is 12.1. The van der Waals surface area contributed by atoms with Crippen LogP contribution in [0.25, 0.3) is 0 Å². The van der Waals surface area contributed by atoms with Crippen LogP contribution in [0.15, 0.2) is 24.3 Å². The molecule has 222 valence electrons. The number of ether oxygens (including phenoxy) is 3. The van der Waals surface area contributed by atoms with Crippen LogP contribution in [0.5, 0.6) is 0 Å². The van der Waals surface area contributed by atoms with Crippen molar-refractivity contribution in [3.63, 3.8) is 0 Å². The van der Waals surface area contributed by atoms with Crippen molar-refractivity contribution in [1.29, 1.82) is 0 Å². The summed E-state index contributed by atoms with van der Waals surface area (Å²) in [5.41, 5.74) is -0.663. The van der Waals surface area contributed by atoms with Gasteiger partial charge in [0, 0.05) is 19.3 Å². The van der Waals surface area contributed by atoms with Crippen molar-refractivity contribution in [2.45, 2.75) is 165 Å². The van der Waals surface area contributed by atoms with Crippen LogP contribution in [0.3, 0.4) is 0 Å². The third-order valence-electron chi connectivity index (χ3n) is 8.45. The number of aliphatic hydroxyl groups excluding tert-OH is 1. The van der Waals surface area contributed by atoms with Crippen molar-refractivity contribution in [2.24, 2.45) is 0 Å². The van der Waals surface area contributed by atoms with Gasteiger partial charge in [-0.1, -0.05) is 103 Å². The predicted octanol–water partition coefficient (Wildman–Crippen LogP) is 7.66. The fraction of sp³-hybridized carbons (Fsp3) is 0.818. The molecule has 0 bridgehead atoms. The summed E-state index contributed by atoms with van der Waals surface area (Å²) in [7, 11) is 0. The van der Waals surface area contributed by atoms with E-state index in [0.717, 1.165) is 12.8 Å². The zero-order valence-electron chi connectivity index (χ0n) is 24.5. The summed E-state index contributed by atoms with van der Waals surface area (Å²) in [5, 5.41) is 10.5. The Kier molecular flexibility index (Phi) is 14.2. The number of allylic oxidation sites excluding steroid dienone is 2. The summed E-state index contributed by atoms with van der Waals surface area (Å²) in [5.74, 6) is -1.26. The van der Waals surface area contributed by atoms with Gasteiger partial charge in [0.2, 0.25) is 0 Å². The van der Waals surface area contributed by atoms with Crippen molar-refractivity contribution < 1.29 is 28.9 Å². The number of aliphatic hydroxyl groups is 1. The van der Waals surface area contributed by atoms with Crippen molar-refractivity contribution in [2.75, 3.05) is 6.61 Å². The molecule has 0 aromatic heterocycles. The standard InChI is InChI=1S/C33H54O6/c1-2-3-4-5-6-7-8-9-10-11-12-13-14-15-16-17-24-37-31(36)26-30-25-29(35)27-33(38-30)23-22-32(39-33)20-18-28(34)19-21-32/h18-21,29-30,35H,2-17,22-27H2,1H3/t29-,30+,33-/m1/s1. The lowest BCUT2D eigenvalue weighted by atomic mass is 9.92. The highest BCUT2D eigenvalue weighted by Gasteiger charge is 2.52. The molecule has 0 amide bonds. The van der Waals surface area contributed by atoms with Crippen LogP contribution in [0.4, 0.5) is 0 Å². The summed E-state index contributed by atoms with van der Waals surface area (Å²) < 4.78 is 18.0. The average molecular weight is 547 g/mol. The zero-order chi connectivity index (χ0) is 27.8. The lowest BCUT2D eigenvalue weighted by Crippen LogP contribution is -2.48. The van der Waals surface area contributed by atoms with Gasteiger partial charge < -0.3 is 19.3 Å². The summed E-state index contributed by atoms with van der Waals surface area (Å²) in [4.78, 5) is 23.9. The van der Waals surface area contributed by atoms with Crippen molar-refractivity contribution in [1.82, 2.24) is 0 Å². The molecule has 0 unspecified atom stereocenters. The molecule has 2 spiro atoms. The van der Waals surface area contributed by atoms with Gasteiger partial charge in [-0.3, -0.25) is 9.59 Å². The summed E-state index contributed by atoms with van der Waals surface area (Å²) in [6.07, 6.45) is 28.8. The van der Waals surface area contributed by atoms with Gasteiger partial charge in [-0.2, -0.15) is 0 Å². The molecule has 2 heterocycles. The Bertz CT molecular complexity index is 773. The van der Waals surface area contributed by atoms with E-state index < -0.39 is 23.6 Å². The first-order valence-corrected chi connectivity index (χ1v) is 16.1. The van der Waals surface area contributed by atoms with Gasteiger partial charge in [-0.25, -0.2) is 0 Å². The monoisotopic (exact) mass is 546 g/mol. The van der Waals surface area contributed by atoms with Crippen molar-refractivity contribution >= 4 is 11.8 Å². The number of esters is 1. The summed E-state index contributed by atoms with van der Waals surface area (Å²) in [6.45, 7) is 2.72. The third kappa shape index (κ3) is 11.9. The van der Waals surface area contributed by atoms with Crippen LogP contribution in [0.1, 0.15) is 142 Å². The highest BCUT2D eigenvalue weighted by Crippen LogP contribution is 2.47. The third-order valence-corrected chi connectivity index (χ3v) is 8.45. The second kappa shape index (κ2) is 17.3. The van der Waals surface area contributed by atoms with Gasteiger partial charge in [0.15, 0.2) is 11.6 Å². The Labute approximate surface area is 236 Å². The number of hydrogen-bond donors (Lipinski definition) is 1. The maximum Gasteiger partial charge on any atom is 0.308 e. The van der Waals surface area contributed by atoms with Crippen LogP contribution in [0.2, 0.25) is 0 Å². The number of ketones is 1. The predicted molar refractivity (Wildman–Crippen MR) is 154 cm³/mol. The molecule has 3 rings (SSSR count). The molecular formula is C33H54O6. The molecule has 39 heavy (non-hydrogen) atoms. The highest BCUT2D eigenvalue weighted by atomic mass is 16.7. The molecule has 0 radical (unpaired) electrons. The Morgan fingerprint density at radius 2 is 1.41 bits per heavy atom. The minimum Gasteiger partial charge on any atom is -0.466 e. The molecule has 6 heteroatoms. The molecule has 2 fully saturated rings. The van der Waals surface area contributed by atoms with Crippen LogP contribution >= 0.6 is 0 Å². The van der Waals surface area contributed by atoms with E-state index in [4.69, 9.17) is 14.2 Å². The van der Waals surface area contributed by atoms with Crippen LogP contribution in [0, 0.1) is 0 Å². The fourth-order valence-electron chi connectivity index (χ4n) is 6.20. The highest BCUT2D eigenvalue weighted by molar-refractivity contribution is 6.00. The van der Waals surface area contributed by atoms with E-state index in [0.29, 0.717) is 32.3 Å². The normalized spacial score (nSPS) is 25.6. The van der Waals surface area contributed by atoms with Gasteiger partial charge in [-0.05, 0) is 37.1 Å². The molecule has 0 aromatic rings. The number of carbonyl (C=O) groups is 2. The first-order chi connectivity index (χ1) is 18.9. The van der Waals surface area contributed by atoms with E-state index in [9.17, 15) is 14.7 Å². The molecule has 2 aliphatic heterocycles. The zero-order valence-corrected chi connectivity index (χ0v) is 24.5. The molecule has 6 nitrogen and oxygen atoms in total. The van der Waals surface area contributed by atoms with E-state index in [1.54, 1.807) is 12.2 Å². The number of carbonyl (C=O) groups excluding carboxylic acids is 2. The lowest BCUT2D eigenvalue weighted by molar-refractivity contribution is -0.291. The minimum absolute atomic E-state index is 0.0558. The van der Waals surface area contributed by atoms with Crippen LogP contribution < -0.4 is 0 Å². The van der Waals surface area contributed by atoms with Crippen molar-refractivity contribution in [3.05, 3.63) is 24.3 Å².